The van der Waals surface area contributed by atoms with E-state index in [9.17, 15) is 4.79 Å². The van der Waals surface area contributed by atoms with Gasteiger partial charge in [0, 0.05) is 44.3 Å². The van der Waals surface area contributed by atoms with Crippen molar-refractivity contribution < 1.29 is 23.7 Å². The van der Waals surface area contributed by atoms with Crippen LogP contribution in [0.4, 0.5) is 4.79 Å². The molecule has 1 N–H and O–H groups in total. The lowest BCUT2D eigenvalue weighted by molar-refractivity contribution is 0.00552. The molecule has 2 amide bonds. The molecule has 1 atom stereocenters. The Balaban J connectivity index is 1.10. The molecule has 8 nitrogen and oxygen atoms in total. The molecule has 1 unspecified atom stereocenters. The molecule has 5 rings (SSSR count). The highest BCUT2D eigenvalue weighted by Gasteiger charge is 2.24. The molecule has 1 fully saturated rings. The van der Waals surface area contributed by atoms with Gasteiger partial charge in [0.25, 0.3) is 0 Å². The van der Waals surface area contributed by atoms with Crippen molar-refractivity contribution in [2.24, 2.45) is 0 Å². The van der Waals surface area contributed by atoms with Gasteiger partial charge in [-0.25, -0.2) is 4.79 Å². The molecule has 0 bridgehead atoms. The Morgan fingerprint density at radius 3 is 2.56 bits per heavy atom. The zero-order valence-corrected chi connectivity index (χ0v) is 22.9. The summed E-state index contributed by atoms with van der Waals surface area (Å²) in [6.07, 6.45) is 0.603. The zero-order chi connectivity index (χ0) is 27.0. The summed E-state index contributed by atoms with van der Waals surface area (Å²) in [5.41, 5.74) is 3.23. The molecule has 9 heteroatoms. The number of piperazine rings is 1. The minimum Gasteiger partial charge on any atom is -0.497 e. The van der Waals surface area contributed by atoms with E-state index in [1.807, 2.05) is 71.6 Å². The number of nitrogens with zero attached hydrogens (tertiary/aromatic N) is 2. The van der Waals surface area contributed by atoms with Crippen LogP contribution in [0.25, 0.3) is 0 Å². The molecule has 2 heterocycles. The van der Waals surface area contributed by atoms with Gasteiger partial charge >= 0.3 is 6.03 Å². The smallest absolute Gasteiger partial charge is 0.317 e. The molecule has 0 saturated carbocycles. The summed E-state index contributed by atoms with van der Waals surface area (Å²) < 4.78 is 22.5. The van der Waals surface area contributed by atoms with Gasteiger partial charge in [-0.15, -0.1) is 0 Å². The van der Waals surface area contributed by atoms with Gasteiger partial charge in [-0.2, -0.15) is 0 Å². The van der Waals surface area contributed by atoms with Crippen LogP contribution in [0.1, 0.15) is 22.8 Å². The quantitative estimate of drug-likeness (QED) is 0.386. The van der Waals surface area contributed by atoms with Crippen LogP contribution in [0.2, 0.25) is 5.02 Å². The first-order chi connectivity index (χ1) is 19.1. The predicted octanol–water partition coefficient (Wildman–Crippen LogP) is 4.91. The molecule has 2 aliphatic rings. The lowest BCUT2D eigenvalue weighted by atomic mass is 10.1. The number of nitrogens with one attached hydrogen (secondary N) is 1. The Bertz CT molecular complexity index is 1250. The molecule has 0 aromatic heterocycles. The second-order valence-electron chi connectivity index (χ2n) is 9.66. The highest BCUT2D eigenvalue weighted by Crippen LogP contribution is 2.32. The number of hydrogen-bond acceptors (Lipinski definition) is 6. The van der Waals surface area contributed by atoms with Crippen molar-refractivity contribution in [1.29, 1.82) is 0 Å². The van der Waals surface area contributed by atoms with Crippen LogP contribution in [0.3, 0.4) is 0 Å². The van der Waals surface area contributed by atoms with E-state index < -0.39 is 0 Å². The Hall–Kier alpha value is -3.46. The molecular formula is C30H34ClN3O5. The maximum absolute atomic E-state index is 12.8. The second kappa shape index (κ2) is 13.1. The SMILES string of the molecule is COc1cccc(COC(CN2CCN(C(=O)NCCc3ccc4c(c3)OCO4)CC2)c2ccc(Cl)cc2)c1. The number of amides is 2. The largest absolute Gasteiger partial charge is 0.497 e. The number of fused-ring (bicyclic) bond motifs is 1. The summed E-state index contributed by atoms with van der Waals surface area (Å²) in [5.74, 6) is 2.34. The molecule has 206 valence electrons. The van der Waals surface area contributed by atoms with E-state index in [0.29, 0.717) is 31.3 Å². The Morgan fingerprint density at radius 1 is 0.974 bits per heavy atom. The standard InChI is InChI=1S/C30H34ClN3O5/c1-36-26-4-2-3-23(17-26)20-37-29(24-6-8-25(31)9-7-24)19-33-13-15-34(16-14-33)30(35)32-12-11-22-5-10-27-28(18-22)39-21-38-27/h2-10,17-18,29H,11-16,19-21H2,1H3,(H,32,35). The molecule has 0 aliphatic carbocycles. The fourth-order valence-electron chi connectivity index (χ4n) is 4.78. The fraction of sp³-hybridized carbons (Fsp3) is 0.367. The molecule has 3 aromatic carbocycles. The third kappa shape index (κ3) is 7.35. The van der Waals surface area contributed by atoms with Gasteiger partial charge < -0.3 is 29.2 Å². The minimum atomic E-state index is -0.129. The monoisotopic (exact) mass is 551 g/mol. The van der Waals surface area contributed by atoms with Gasteiger partial charge in [-0.1, -0.05) is 41.9 Å². The maximum atomic E-state index is 12.8. The van der Waals surface area contributed by atoms with Gasteiger partial charge in [0.05, 0.1) is 19.8 Å². The molecule has 1 saturated heterocycles. The number of halogens is 1. The lowest BCUT2D eigenvalue weighted by Gasteiger charge is -2.36. The number of methoxy groups -OCH3 is 1. The van der Waals surface area contributed by atoms with Crippen LogP contribution >= 0.6 is 11.6 Å². The molecule has 0 spiro atoms. The van der Waals surface area contributed by atoms with E-state index in [-0.39, 0.29) is 18.9 Å². The molecule has 3 aromatic rings. The van der Waals surface area contributed by atoms with E-state index in [2.05, 4.69) is 10.2 Å². The summed E-state index contributed by atoms with van der Waals surface area (Å²) in [4.78, 5) is 17.0. The maximum Gasteiger partial charge on any atom is 0.317 e. The molecular weight excluding hydrogens is 518 g/mol. The highest BCUT2D eigenvalue weighted by atomic mass is 35.5. The van der Waals surface area contributed by atoms with Gasteiger partial charge in [-0.3, -0.25) is 4.90 Å². The average Bonchev–Trinajstić information content (AvgIpc) is 3.44. The number of rotatable bonds is 10. The highest BCUT2D eigenvalue weighted by molar-refractivity contribution is 6.30. The van der Waals surface area contributed by atoms with Crippen LogP contribution in [0.5, 0.6) is 17.2 Å². The van der Waals surface area contributed by atoms with Crippen LogP contribution in [0, 0.1) is 0 Å². The van der Waals surface area contributed by atoms with E-state index in [0.717, 1.165) is 60.0 Å². The molecule has 2 aliphatic heterocycles. The van der Waals surface area contributed by atoms with Crippen molar-refractivity contribution in [3.05, 3.63) is 88.4 Å². The van der Waals surface area contributed by atoms with Crippen molar-refractivity contribution in [3.8, 4) is 17.2 Å². The first kappa shape index (κ1) is 27.1. The summed E-state index contributed by atoms with van der Waals surface area (Å²) in [5, 5.41) is 3.75. The first-order valence-corrected chi connectivity index (χ1v) is 13.6. The van der Waals surface area contributed by atoms with Gasteiger partial charge in [0.1, 0.15) is 5.75 Å². The van der Waals surface area contributed by atoms with Crippen LogP contribution in [-0.2, 0) is 17.8 Å². The zero-order valence-electron chi connectivity index (χ0n) is 22.1. The summed E-state index contributed by atoms with van der Waals surface area (Å²) in [6, 6.07) is 21.6. The van der Waals surface area contributed by atoms with Crippen molar-refractivity contribution in [2.45, 2.75) is 19.1 Å². The summed E-state index contributed by atoms with van der Waals surface area (Å²) in [6.45, 7) is 4.91. The Morgan fingerprint density at radius 2 is 1.77 bits per heavy atom. The van der Waals surface area contributed by atoms with Crippen LogP contribution < -0.4 is 19.5 Å². The number of carbonyl (C=O) groups is 1. The van der Waals surface area contributed by atoms with Gasteiger partial charge in [0.15, 0.2) is 11.5 Å². The number of benzene rings is 3. The number of urea groups is 1. The second-order valence-corrected chi connectivity index (χ2v) is 10.1. The van der Waals surface area contributed by atoms with Crippen molar-refractivity contribution in [2.75, 3.05) is 53.2 Å². The number of hydrogen-bond donors (Lipinski definition) is 1. The summed E-state index contributed by atoms with van der Waals surface area (Å²) >= 11 is 6.13. The molecule has 39 heavy (non-hydrogen) atoms. The lowest BCUT2D eigenvalue weighted by Crippen LogP contribution is -2.52. The van der Waals surface area contributed by atoms with E-state index in [1.54, 1.807) is 7.11 Å². The molecule has 0 radical (unpaired) electrons. The van der Waals surface area contributed by atoms with Crippen molar-refractivity contribution >= 4 is 17.6 Å². The van der Waals surface area contributed by atoms with E-state index in [4.69, 9.17) is 30.5 Å². The van der Waals surface area contributed by atoms with E-state index in [1.165, 1.54) is 0 Å². The predicted molar refractivity (Wildman–Crippen MR) is 150 cm³/mol. The normalized spacial score (nSPS) is 15.7. The first-order valence-electron chi connectivity index (χ1n) is 13.2. The Labute approximate surface area is 234 Å². The van der Waals surface area contributed by atoms with Crippen LogP contribution in [0.15, 0.2) is 66.7 Å². The topological polar surface area (TPSA) is 72.5 Å². The third-order valence-electron chi connectivity index (χ3n) is 7.04. The van der Waals surface area contributed by atoms with Gasteiger partial charge in [-0.05, 0) is 59.5 Å². The average molecular weight is 552 g/mol. The van der Waals surface area contributed by atoms with Crippen LogP contribution in [-0.4, -0.2) is 69.0 Å². The number of ether oxygens (including phenoxy) is 4. The summed E-state index contributed by atoms with van der Waals surface area (Å²) in [7, 11) is 1.66. The van der Waals surface area contributed by atoms with Crippen molar-refractivity contribution in [1.82, 2.24) is 15.1 Å². The third-order valence-corrected chi connectivity index (χ3v) is 7.29. The minimum absolute atomic E-state index is 0.0288. The van der Waals surface area contributed by atoms with E-state index >= 15 is 0 Å². The fourth-order valence-corrected chi connectivity index (χ4v) is 4.91. The van der Waals surface area contributed by atoms with Gasteiger partial charge in [0.2, 0.25) is 6.79 Å². The number of carbonyl (C=O) groups excluding carboxylic acids is 1. The Kier molecular flexibility index (Phi) is 9.08. The van der Waals surface area contributed by atoms with Crippen molar-refractivity contribution in [3.63, 3.8) is 0 Å².